The predicted molar refractivity (Wildman–Crippen MR) is 253 cm³/mol. The number of rotatable bonds is 47. The second kappa shape index (κ2) is 48.1. The lowest BCUT2D eigenvalue weighted by Crippen LogP contribution is -2.46. The molecule has 58 heavy (non-hydrogen) atoms. The van der Waals surface area contributed by atoms with E-state index in [-0.39, 0.29) is 18.5 Å². The number of hydrogen-bond donors (Lipinski definition) is 2. The van der Waals surface area contributed by atoms with Crippen molar-refractivity contribution in [3.05, 3.63) is 24.3 Å². The molecule has 2 unspecified atom stereocenters. The fraction of sp³-hybridized carbons (Fsp3) is 0.887. The van der Waals surface area contributed by atoms with Gasteiger partial charge in [0.2, 0.25) is 5.91 Å². The third-order valence-corrected chi connectivity index (χ3v) is 11.9. The van der Waals surface area contributed by atoms with E-state index in [2.05, 4.69) is 38.2 Å². The van der Waals surface area contributed by atoms with Gasteiger partial charge < -0.3 is 15.2 Å². The molecular formula is C53H101NO4. The van der Waals surface area contributed by atoms with E-state index in [9.17, 15) is 14.7 Å². The van der Waals surface area contributed by atoms with Crippen LogP contribution in [0.25, 0.3) is 0 Å². The van der Waals surface area contributed by atoms with Gasteiger partial charge in [-0.15, -0.1) is 0 Å². The van der Waals surface area contributed by atoms with Gasteiger partial charge in [-0.25, -0.2) is 0 Å². The van der Waals surface area contributed by atoms with Gasteiger partial charge in [-0.1, -0.05) is 244 Å². The van der Waals surface area contributed by atoms with Gasteiger partial charge in [-0.3, -0.25) is 9.59 Å². The number of amides is 1. The van der Waals surface area contributed by atoms with Crippen molar-refractivity contribution >= 4 is 11.9 Å². The van der Waals surface area contributed by atoms with E-state index in [1.54, 1.807) is 6.08 Å². The van der Waals surface area contributed by atoms with Gasteiger partial charge in [-0.05, 0) is 51.4 Å². The molecule has 0 heterocycles. The number of esters is 1. The van der Waals surface area contributed by atoms with Crippen LogP contribution in [-0.4, -0.2) is 35.7 Å². The van der Waals surface area contributed by atoms with Crippen molar-refractivity contribution in [2.45, 2.75) is 296 Å². The topological polar surface area (TPSA) is 75.6 Å². The Morgan fingerprint density at radius 1 is 0.431 bits per heavy atom. The smallest absolute Gasteiger partial charge is 0.305 e. The van der Waals surface area contributed by atoms with Crippen LogP contribution in [0.15, 0.2) is 24.3 Å². The molecule has 2 atom stereocenters. The highest BCUT2D eigenvalue weighted by molar-refractivity contribution is 5.76. The molecule has 0 aromatic heterocycles. The number of allylic oxidation sites excluding steroid dienone is 3. The molecule has 0 rings (SSSR count). The number of aliphatic hydroxyl groups is 1. The summed E-state index contributed by atoms with van der Waals surface area (Å²) in [5.74, 6) is -0.295. The number of hydrogen-bond acceptors (Lipinski definition) is 4. The summed E-state index contributed by atoms with van der Waals surface area (Å²) < 4.78 is 5.63. The van der Waals surface area contributed by atoms with Gasteiger partial charge in [-0.2, -0.15) is 0 Å². The minimum atomic E-state index is -0.874. The van der Waals surface area contributed by atoms with Crippen molar-refractivity contribution in [2.24, 2.45) is 0 Å². The SMILES string of the molecule is CCCCCCCCC=CCCCCCCCC(=O)OCC(NC(=O)CCCCCCCCCCCCCCCC)C(O)C=CCCCCCCCCCCCCC. The Morgan fingerprint density at radius 3 is 1.12 bits per heavy atom. The highest BCUT2D eigenvalue weighted by atomic mass is 16.5. The Hall–Kier alpha value is -1.62. The van der Waals surface area contributed by atoms with Crippen molar-refractivity contribution in [3.8, 4) is 0 Å². The van der Waals surface area contributed by atoms with Crippen molar-refractivity contribution in [3.63, 3.8) is 0 Å². The van der Waals surface area contributed by atoms with Crippen LogP contribution in [0.4, 0.5) is 0 Å². The third kappa shape index (κ3) is 43.9. The van der Waals surface area contributed by atoms with Crippen molar-refractivity contribution in [2.75, 3.05) is 6.61 Å². The van der Waals surface area contributed by atoms with Crippen molar-refractivity contribution in [1.82, 2.24) is 5.32 Å². The summed E-state index contributed by atoms with van der Waals surface area (Å²) in [4.78, 5) is 25.6. The fourth-order valence-electron chi connectivity index (χ4n) is 7.88. The van der Waals surface area contributed by atoms with E-state index in [4.69, 9.17) is 4.74 Å². The molecule has 0 aromatic carbocycles. The maximum absolute atomic E-state index is 12.9. The largest absolute Gasteiger partial charge is 0.463 e. The fourth-order valence-corrected chi connectivity index (χ4v) is 7.88. The average Bonchev–Trinajstić information content (AvgIpc) is 3.22. The second-order valence-corrected chi connectivity index (χ2v) is 17.8. The minimum Gasteiger partial charge on any atom is -0.463 e. The Balaban J connectivity index is 4.40. The quantitative estimate of drug-likeness (QED) is 0.0364. The Labute approximate surface area is 362 Å². The van der Waals surface area contributed by atoms with Crippen LogP contribution < -0.4 is 5.32 Å². The number of carbonyl (C=O) groups excluding carboxylic acids is 2. The molecule has 0 aliphatic heterocycles. The van der Waals surface area contributed by atoms with Crippen molar-refractivity contribution < 1.29 is 19.4 Å². The zero-order chi connectivity index (χ0) is 42.3. The first-order chi connectivity index (χ1) is 28.5. The minimum absolute atomic E-state index is 0.0122. The summed E-state index contributed by atoms with van der Waals surface area (Å²) in [6.07, 6.45) is 57.8. The lowest BCUT2D eigenvalue weighted by molar-refractivity contribution is -0.146. The molecular weight excluding hydrogens is 715 g/mol. The first-order valence-corrected chi connectivity index (χ1v) is 26.0. The van der Waals surface area contributed by atoms with Crippen LogP contribution in [0.3, 0.4) is 0 Å². The maximum atomic E-state index is 12.9. The lowest BCUT2D eigenvalue weighted by atomic mass is 10.0. The van der Waals surface area contributed by atoms with E-state index in [1.165, 1.54) is 199 Å². The second-order valence-electron chi connectivity index (χ2n) is 17.8. The average molecular weight is 816 g/mol. The Bertz CT molecular complexity index is 901. The monoisotopic (exact) mass is 816 g/mol. The molecule has 0 fully saturated rings. The molecule has 1 amide bonds. The van der Waals surface area contributed by atoms with Gasteiger partial charge in [0, 0.05) is 12.8 Å². The van der Waals surface area contributed by atoms with Gasteiger partial charge in [0.15, 0.2) is 0 Å². The molecule has 5 heteroatoms. The van der Waals surface area contributed by atoms with Crippen LogP contribution >= 0.6 is 0 Å². The molecule has 0 aliphatic rings. The summed E-state index contributed by atoms with van der Waals surface area (Å²) in [6.45, 7) is 6.83. The normalized spacial score (nSPS) is 12.8. The zero-order valence-corrected chi connectivity index (χ0v) is 39.3. The number of unbranched alkanes of at least 4 members (excludes halogenated alkanes) is 35. The third-order valence-electron chi connectivity index (χ3n) is 11.9. The van der Waals surface area contributed by atoms with Gasteiger partial charge in [0.05, 0.1) is 12.1 Å². The first-order valence-electron chi connectivity index (χ1n) is 26.0. The molecule has 0 saturated heterocycles. The van der Waals surface area contributed by atoms with Gasteiger partial charge >= 0.3 is 5.97 Å². The molecule has 2 N–H and O–H groups in total. The van der Waals surface area contributed by atoms with Crippen LogP contribution in [0.1, 0.15) is 284 Å². The van der Waals surface area contributed by atoms with Crippen LogP contribution in [-0.2, 0) is 14.3 Å². The molecule has 0 bridgehead atoms. The molecule has 0 aliphatic carbocycles. The molecule has 0 radical (unpaired) electrons. The summed E-state index contributed by atoms with van der Waals surface area (Å²) in [6, 6.07) is -0.620. The molecule has 5 nitrogen and oxygen atoms in total. The lowest BCUT2D eigenvalue weighted by Gasteiger charge is -2.22. The summed E-state index contributed by atoms with van der Waals surface area (Å²) in [7, 11) is 0. The summed E-state index contributed by atoms with van der Waals surface area (Å²) >= 11 is 0. The highest BCUT2D eigenvalue weighted by Crippen LogP contribution is 2.16. The van der Waals surface area contributed by atoms with Crippen LogP contribution in [0.2, 0.25) is 0 Å². The van der Waals surface area contributed by atoms with Gasteiger partial charge in [0.25, 0.3) is 0 Å². The number of ether oxygens (including phenoxy) is 1. The summed E-state index contributed by atoms with van der Waals surface area (Å²) in [5, 5.41) is 14.1. The standard InChI is InChI=1S/C53H101NO4/c1-4-7-10-13-16-19-22-25-27-30-33-36-39-42-45-48-53(57)58-49-50(51(55)46-43-40-37-34-31-28-24-21-18-15-12-9-6-3)54-52(56)47-44-41-38-35-32-29-26-23-20-17-14-11-8-5-2/h25,27,43,46,50-51,55H,4-24,26,28-42,44-45,47-49H2,1-3H3,(H,54,56). The predicted octanol–water partition coefficient (Wildman–Crippen LogP) is 16.5. The highest BCUT2D eigenvalue weighted by Gasteiger charge is 2.21. The van der Waals surface area contributed by atoms with E-state index >= 15 is 0 Å². The number of aliphatic hydroxyl groups excluding tert-OH is 1. The maximum Gasteiger partial charge on any atom is 0.305 e. The zero-order valence-electron chi connectivity index (χ0n) is 39.3. The molecule has 0 saturated carbocycles. The number of carbonyl (C=O) groups is 2. The van der Waals surface area contributed by atoms with Gasteiger partial charge in [0.1, 0.15) is 6.61 Å². The Morgan fingerprint density at radius 2 is 0.741 bits per heavy atom. The Kier molecular flexibility index (Phi) is 46.7. The molecule has 0 spiro atoms. The number of nitrogens with one attached hydrogen (secondary N) is 1. The van der Waals surface area contributed by atoms with Crippen LogP contribution in [0.5, 0.6) is 0 Å². The molecule has 0 aromatic rings. The van der Waals surface area contributed by atoms with E-state index in [0.29, 0.717) is 12.8 Å². The van der Waals surface area contributed by atoms with E-state index in [1.807, 2.05) is 6.08 Å². The van der Waals surface area contributed by atoms with Crippen molar-refractivity contribution in [1.29, 1.82) is 0 Å². The first kappa shape index (κ1) is 56.4. The van der Waals surface area contributed by atoms with E-state index < -0.39 is 12.1 Å². The molecule has 342 valence electrons. The van der Waals surface area contributed by atoms with E-state index in [0.717, 1.165) is 51.4 Å². The summed E-state index contributed by atoms with van der Waals surface area (Å²) in [5.41, 5.74) is 0. The van der Waals surface area contributed by atoms with Crippen LogP contribution in [0, 0.1) is 0 Å².